The fourth-order valence-electron chi connectivity index (χ4n) is 0.974. The molecule has 4 heteroatoms. The summed E-state index contributed by atoms with van der Waals surface area (Å²) in [5.74, 6) is -0.0996. The van der Waals surface area contributed by atoms with Gasteiger partial charge in [-0.15, -0.1) is 6.58 Å². The molecule has 0 aliphatic heterocycles. The largest absolute Gasteiger partial charge is 0.337 e. The van der Waals surface area contributed by atoms with Crippen LogP contribution in [0.25, 0.3) is 0 Å². The summed E-state index contributed by atoms with van der Waals surface area (Å²) in [6.45, 7) is 4.09. The molecule has 14 heavy (non-hydrogen) atoms. The lowest BCUT2D eigenvalue weighted by Crippen LogP contribution is -2.27. The normalized spacial score (nSPS) is 9.57. The molecule has 1 heterocycles. The van der Waals surface area contributed by atoms with E-state index in [0.29, 0.717) is 12.2 Å². The molecule has 0 saturated heterocycles. The zero-order chi connectivity index (χ0) is 10.6. The molecule has 0 fully saturated rings. The maximum absolute atomic E-state index is 11.6. The monoisotopic (exact) mass is 254 g/mol. The first kappa shape index (κ1) is 10.9. The Bertz CT molecular complexity index is 334. The topological polar surface area (TPSA) is 33.2 Å². The van der Waals surface area contributed by atoms with E-state index in [9.17, 15) is 4.79 Å². The summed E-state index contributed by atoms with van der Waals surface area (Å²) < 4.78 is 0.862. The lowest BCUT2D eigenvalue weighted by molar-refractivity contribution is 0.0804. The van der Waals surface area contributed by atoms with Gasteiger partial charge in [-0.2, -0.15) is 0 Å². The van der Waals surface area contributed by atoms with Crippen LogP contribution in [0.1, 0.15) is 10.5 Å². The first-order valence-electron chi connectivity index (χ1n) is 4.13. The minimum absolute atomic E-state index is 0.0996. The maximum atomic E-state index is 11.6. The number of nitrogens with zero attached hydrogens (tertiary/aromatic N) is 2. The van der Waals surface area contributed by atoms with Crippen molar-refractivity contribution >= 4 is 21.8 Å². The van der Waals surface area contributed by atoms with Crippen molar-refractivity contribution in [3.63, 3.8) is 0 Å². The molecule has 0 radical (unpaired) electrons. The van der Waals surface area contributed by atoms with E-state index in [1.54, 1.807) is 36.4 Å². The molecule has 0 unspecified atom stereocenters. The van der Waals surface area contributed by atoms with Crippen molar-refractivity contribution in [3.05, 3.63) is 41.2 Å². The zero-order valence-electron chi connectivity index (χ0n) is 7.90. The Balaban J connectivity index is 2.78. The Labute approximate surface area is 91.6 Å². The van der Waals surface area contributed by atoms with E-state index in [-0.39, 0.29) is 5.91 Å². The third-order valence-corrected chi connectivity index (χ3v) is 2.17. The van der Waals surface area contributed by atoms with Gasteiger partial charge in [-0.25, -0.2) is 4.98 Å². The van der Waals surface area contributed by atoms with Gasteiger partial charge in [0.15, 0.2) is 0 Å². The molecule has 0 saturated carbocycles. The Kier molecular flexibility index (Phi) is 3.83. The van der Waals surface area contributed by atoms with E-state index in [1.807, 2.05) is 0 Å². The number of carbonyl (C=O) groups is 1. The molecule has 0 aliphatic carbocycles. The van der Waals surface area contributed by atoms with Crippen LogP contribution in [0.5, 0.6) is 0 Å². The van der Waals surface area contributed by atoms with Gasteiger partial charge in [0.05, 0.1) is 0 Å². The molecule has 3 nitrogen and oxygen atoms in total. The lowest BCUT2D eigenvalue weighted by atomic mass is 10.3. The van der Waals surface area contributed by atoms with Crippen LogP contribution in [0, 0.1) is 0 Å². The fourth-order valence-corrected chi connectivity index (χ4v) is 1.21. The van der Waals surface area contributed by atoms with Crippen molar-refractivity contribution in [1.82, 2.24) is 9.88 Å². The summed E-state index contributed by atoms with van der Waals surface area (Å²) in [7, 11) is 1.72. The number of likely N-dealkylation sites (N-methyl/N-ethyl adjacent to an activating group) is 1. The third kappa shape index (κ3) is 2.67. The molecule has 0 N–H and O–H groups in total. The third-order valence-electron chi connectivity index (χ3n) is 1.70. The second kappa shape index (κ2) is 4.91. The van der Waals surface area contributed by atoms with Crippen molar-refractivity contribution in [3.8, 4) is 0 Å². The van der Waals surface area contributed by atoms with Crippen molar-refractivity contribution < 1.29 is 4.79 Å². The number of carbonyl (C=O) groups excluding carboxylic acids is 1. The van der Waals surface area contributed by atoms with Crippen LogP contribution in [0.4, 0.5) is 0 Å². The van der Waals surface area contributed by atoms with Crippen LogP contribution in [0.3, 0.4) is 0 Å². The average molecular weight is 255 g/mol. The highest BCUT2D eigenvalue weighted by molar-refractivity contribution is 9.10. The summed E-state index contributed by atoms with van der Waals surface area (Å²) in [6, 6.07) is 3.48. The molecule has 1 amide bonds. The highest BCUT2D eigenvalue weighted by Gasteiger charge is 2.10. The van der Waals surface area contributed by atoms with E-state index in [4.69, 9.17) is 0 Å². The van der Waals surface area contributed by atoms with Crippen LogP contribution >= 0.6 is 15.9 Å². The Hall–Kier alpha value is -1.16. The van der Waals surface area contributed by atoms with Crippen LogP contribution in [-0.2, 0) is 0 Å². The van der Waals surface area contributed by atoms with Gasteiger partial charge in [-0.05, 0) is 28.1 Å². The molecule has 1 aromatic rings. The van der Waals surface area contributed by atoms with Crippen LogP contribution < -0.4 is 0 Å². The molecular formula is C10H11BrN2O. The Morgan fingerprint density at radius 1 is 1.71 bits per heavy atom. The summed E-state index contributed by atoms with van der Waals surface area (Å²) >= 11 is 3.26. The van der Waals surface area contributed by atoms with Crippen LogP contribution in [-0.4, -0.2) is 29.4 Å². The second-order valence-electron chi connectivity index (χ2n) is 2.84. The molecule has 0 aromatic carbocycles. The fraction of sp³-hybridized carbons (Fsp3) is 0.200. The van der Waals surface area contributed by atoms with Gasteiger partial charge < -0.3 is 4.90 Å². The van der Waals surface area contributed by atoms with E-state index in [1.165, 1.54) is 0 Å². The predicted octanol–water partition coefficient (Wildman–Crippen LogP) is 2.10. The molecular weight excluding hydrogens is 244 g/mol. The number of hydrogen-bond donors (Lipinski definition) is 0. The molecule has 0 atom stereocenters. The minimum atomic E-state index is -0.0996. The van der Waals surface area contributed by atoms with E-state index in [2.05, 4.69) is 27.5 Å². The van der Waals surface area contributed by atoms with Crippen LogP contribution in [0.2, 0.25) is 0 Å². The standard InChI is InChI=1S/C10H11BrN2O/c1-3-6-13(2)10(14)9-5-4-8(11)7-12-9/h3-5,7H,1,6H2,2H3. The summed E-state index contributed by atoms with van der Waals surface area (Å²) in [4.78, 5) is 17.2. The van der Waals surface area contributed by atoms with Gasteiger partial charge in [0.1, 0.15) is 5.69 Å². The molecule has 1 aromatic heterocycles. The van der Waals surface area contributed by atoms with E-state index < -0.39 is 0 Å². The van der Waals surface area contributed by atoms with Crippen molar-refractivity contribution in [2.24, 2.45) is 0 Å². The molecule has 0 spiro atoms. The van der Waals surface area contributed by atoms with E-state index >= 15 is 0 Å². The number of aromatic nitrogens is 1. The quantitative estimate of drug-likeness (QED) is 0.775. The summed E-state index contributed by atoms with van der Waals surface area (Å²) in [6.07, 6.45) is 3.28. The van der Waals surface area contributed by atoms with Gasteiger partial charge in [-0.3, -0.25) is 4.79 Å². The van der Waals surface area contributed by atoms with Crippen LogP contribution in [0.15, 0.2) is 35.5 Å². The minimum Gasteiger partial charge on any atom is -0.337 e. The number of amides is 1. The number of hydrogen-bond acceptors (Lipinski definition) is 2. The highest BCUT2D eigenvalue weighted by Crippen LogP contribution is 2.08. The summed E-state index contributed by atoms with van der Waals surface area (Å²) in [5.41, 5.74) is 0.442. The SMILES string of the molecule is C=CCN(C)C(=O)c1ccc(Br)cn1. The predicted molar refractivity (Wildman–Crippen MR) is 59.1 cm³/mol. The van der Waals surface area contributed by atoms with Gasteiger partial charge in [0, 0.05) is 24.3 Å². The maximum Gasteiger partial charge on any atom is 0.272 e. The number of halogens is 1. The van der Waals surface area contributed by atoms with Crippen molar-refractivity contribution in [1.29, 1.82) is 0 Å². The lowest BCUT2D eigenvalue weighted by Gasteiger charge is -2.13. The van der Waals surface area contributed by atoms with Gasteiger partial charge in [0.25, 0.3) is 5.91 Å². The Morgan fingerprint density at radius 2 is 2.43 bits per heavy atom. The smallest absolute Gasteiger partial charge is 0.272 e. The first-order chi connectivity index (χ1) is 6.65. The molecule has 1 rings (SSSR count). The highest BCUT2D eigenvalue weighted by atomic mass is 79.9. The first-order valence-corrected chi connectivity index (χ1v) is 4.92. The van der Waals surface area contributed by atoms with Gasteiger partial charge >= 0.3 is 0 Å². The zero-order valence-corrected chi connectivity index (χ0v) is 9.49. The number of rotatable bonds is 3. The van der Waals surface area contributed by atoms with Gasteiger partial charge in [0.2, 0.25) is 0 Å². The van der Waals surface area contributed by atoms with Crippen molar-refractivity contribution in [2.45, 2.75) is 0 Å². The number of pyridine rings is 1. The molecule has 0 aliphatic rings. The summed E-state index contributed by atoms with van der Waals surface area (Å²) in [5, 5.41) is 0. The molecule has 0 bridgehead atoms. The Morgan fingerprint density at radius 3 is 2.93 bits per heavy atom. The van der Waals surface area contributed by atoms with E-state index in [0.717, 1.165) is 4.47 Å². The van der Waals surface area contributed by atoms with Crippen molar-refractivity contribution in [2.75, 3.05) is 13.6 Å². The molecule has 74 valence electrons. The van der Waals surface area contributed by atoms with Gasteiger partial charge in [-0.1, -0.05) is 6.08 Å². The average Bonchev–Trinajstić information content (AvgIpc) is 2.18. The second-order valence-corrected chi connectivity index (χ2v) is 3.75.